The van der Waals surface area contributed by atoms with Gasteiger partial charge in [0.1, 0.15) is 5.75 Å². The number of benzene rings is 2. The highest BCUT2D eigenvalue weighted by atomic mass is 16.5. The summed E-state index contributed by atoms with van der Waals surface area (Å²) in [6, 6.07) is 20.0. The summed E-state index contributed by atoms with van der Waals surface area (Å²) in [7, 11) is 2.11. The Bertz CT molecular complexity index is 645. The number of amides is 1. The van der Waals surface area contributed by atoms with Gasteiger partial charge < -0.3 is 14.5 Å². The first-order valence-corrected chi connectivity index (χ1v) is 8.45. The Hall–Kier alpha value is -2.33. The molecule has 2 aromatic rings. The molecule has 1 aliphatic heterocycles. The summed E-state index contributed by atoms with van der Waals surface area (Å²) in [6.07, 6.45) is 0.405. The Morgan fingerprint density at radius 3 is 2.42 bits per heavy atom. The van der Waals surface area contributed by atoms with Crippen LogP contribution in [0.1, 0.15) is 18.0 Å². The van der Waals surface area contributed by atoms with Crippen LogP contribution in [0.3, 0.4) is 0 Å². The van der Waals surface area contributed by atoms with Crippen molar-refractivity contribution < 1.29 is 9.53 Å². The number of hydrogen-bond acceptors (Lipinski definition) is 3. The number of nitrogens with zero attached hydrogens (tertiary/aromatic N) is 2. The lowest BCUT2D eigenvalue weighted by atomic mass is 10.0. The summed E-state index contributed by atoms with van der Waals surface area (Å²) in [5.74, 6) is 0.969. The number of ether oxygens (including phenoxy) is 1. The summed E-state index contributed by atoms with van der Waals surface area (Å²) >= 11 is 0. The summed E-state index contributed by atoms with van der Waals surface area (Å²) in [6.45, 7) is 2.96. The minimum atomic E-state index is 0.120. The second kappa shape index (κ2) is 7.97. The molecular weight excluding hydrogens is 300 g/mol. The first kappa shape index (κ1) is 16.5. The van der Waals surface area contributed by atoms with Gasteiger partial charge in [0.05, 0.1) is 19.1 Å². The van der Waals surface area contributed by atoms with Crippen molar-refractivity contribution in [3.05, 3.63) is 66.2 Å². The highest BCUT2D eigenvalue weighted by Crippen LogP contribution is 2.25. The van der Waals surface area contributed by atoms with E-state index in [4.69, 9.17) is 4.74 Å². The van der Waals surface area contributed by atoms with Crippen LogP contribution in [-0.4, -0.2) is 49.0 Å². The Labute approximate surface area is 143 Å². The van der Waals surface area contributed by atoms with Gasteiger partial charge in [0.25, 0.3) is 0 Å². The van der Waals surface area contributed by atoms with E-state index < -0.39 is 0 Å². The second-order valence-electron chi connectivity index (χ2n) is 6.19. The lowest BCUT2D eigenvalue weighted by Gasteiger charge is -2.40. The van der Waals surface area contributed by atoms with Crippen LogP contribution in [0, 0.1) is 0 Å². The maximum Gasteiger partial charge on any atom is 0.226 e. The largest absolute Gasteiger partial charge is 0.493 e. The number of carbonyl (C=O) groups excluding carboxylic acids is 1. The standard InChI is InChI=1S/C20H24N2O2/c1-21-13-14-22(19(16-21)17-8-4-2-5-9-17)20(23)12-15-24-18-10-6-3-7-11-18/h2-11,19H,12-16H2,1H3. The van der Waals surface area contributed by atoms with Gasteiger partial charge in [-0.3, -0.25) is 4.79 Å². The van der Waals surface area contributed by atoms with Crippen LogP contribution in [-0.2, 0) is 4.79 Å². The Balaban J connectivity index is 1.61. The normalized spacial score (nSPS) is 18.4. The van der Waals surface area contributed by atoms with Crippen molar-refractivity contribution in [2.24, 2.45) is 0 Å². The van der Waals surface area contributed by atoms with Crippen molar-refractivity contribution in [2.75, 3.05) is 33.3 Å². The fourth-order valence-electron chi connectivity index (χ4n) is 3.09. The van der Waals surface area contributed by atoms with E-state index >= 15 is 0 Å². The smallest absolute Gasteiger partial charge is 0.226 e. The van der Waals surface area contributed by atoms with Gasteiger partial charge >= 0.3 is 0 Å². The molecule has 0 aliphatic carbocycles. The highest BCUT2D eigenvalue weighted by Gasteiger charge is 2.29. The third kappa shape index (κ3) is 4.15. The van der Waals surface area contributed by atoms with E-state index in [9.17, 15) is 4.79 Å². The van der Waals surface area contributed by atoms with Gasteiger partial charge in [0.2, 0.25) is 5.91 Å². The number of piperazine rings is 1. The van der Waals surface area contributed by atoms with E-state index in [1.807, 2.05) is 53.4 Å². The van der Waals surface area contributed by atoms with Crippen molar-refractivity contribution in [1.29, 1.82) is 0 Å². The molecule has 2 aromatic carbocycles. The maximum absolute atomic E-state index is 12.7. The first-order valence-electron chi connectivity index (χ1n) is 8.45. The number of para-hydroxylation sites is 1. The van der Waals surface area contributed by atoms with E-state index in [2.05, 4.69) is 24.1 Å². The molecule has 1 fully saturated rings. The van der Waals surface area contributed by atoms with Gasteiger partial charge in [-0.1, -0.05) is 48.5 Å². The molecule has 0 radical (unpaired) electrons. The number of hydrogen-bond donors (Lipinski definition) is 0. The first-order chi connectivity index (χ1) is 11.7. The fraction of sp³-hybridized carbons (Fsp3) is 0.350. The van der Waals surface area contributed by atoms with Crippen LogP contribution in [0.15, 0.2) is 60.7 Å². The van der Waals surface area contributed by atoms with Crippen LogP contribution < -0.4 is 4.74 Å². The molecule has 1 unspecified atom stereocenters. The third-order valence-corrected chi connectivity index (χ3v) is 4.42. The van der Waals surface area contributed by atoms with Crippen molar-refractivity contribution in [3.63, 3.8) is 0 Å². The molecule has 0 aromatic heterocycles. The lowest BCUT2D eigenvalue weighted by molar-refractivity contribution is -0.136. The van der Waals surface area contributed by atoms with E-state index in [0.717, 1.165) is 25.4 Å². The topological polar surface area (TPSA) is 32.8 Å². The predicted octanol–water partition coefficient (Wildman–Crippen LogP) is 2.97. The molecule has 24 heavy (non-hydrogen) atoms. The molecule has 1 amide bonds. The van der Waals surface area contributed by atoms with E-state index in [-0.39, 0.29) is 11.9 Å². The number of likely N-dealkylation sites (N-methyl/N-ethyl adjacent to an activating group) is 1. The van der Waals surface area contributed by atoms with Gasteiger partial charge in [0.15, 0.2) is 0 Å². The van der Waals surface area contributed by atoms with Crippen LogP contribution in [0.4, 0.5) is 0 Å². The Morgan fingerprint density at radius 2 is 1.71 bits per heavy atom. The molecule has 0 bridgehead atoms. The third-order valence-electron chi connectivity index (χ3n) is 4.42. The van der Waals surface area contributed by atoms with E-state index in [0.29, 0.717) is 13.0 Å². The van der Waals surface area contributed by atoms with E-state index in [1.165, 1.54) is 5.56 Å². The quantitative estimate of drug-likeness (QED) is 0.848. The van der Waals surface area contributed by atoms with Crippen molar-refractivity contribution in [3.8, 4) is 5.75 Å². The Morgan fingerprint density at radius 1 is 1.04 bits per heavy atom. The number of carbonyl (C=O) groups is 1. The second-order valence-corrected chi connectivity index (χ2v) is 6.19. The van der Waals surface area contributed by atoms with Gasteiger partial charge in [-0.25, -0.2) is 0 Å². The molecule has 1 aliphatic rings. The minimum absolute atomic E-state index is 0.120. The van der Waals surface area contributed by atoms with Gasteiger partial charge in [-0.15, -0.1) is 0 Å². The lowest BCUT2D eigenvalue weighted by Crippen LogP contribution is -2.49. The summed E-state index contributed by atoms with van der Waals surface area (Å²) < 4.78 is 5.67. The molecule has 0 spiro atoms. The zero-order valence-electron chi connectivity index (χ0n) is 14.1. The summed E-state index contributed by atoms with van der Waals surface area (Å²) in [5.41, 5.74) is 1.20. The van der Waals surface area contributed by atoms with Crippen LogP contribution in [0.5, 0.6) is 5.75 Å². The number of rotatable bonds is 5. The van der Waals surface area contributed by atoms with Gasteiger partial charge in [-0.2, -0.15) is 0 Å². The summed E-state index contributed by atoms with van der Waals surface area (Å²) in [4.78, 5) is 17.0. The monoisotopic (exact) mass is 324 g/mol. The molecule has 1 atom stereocenters. The van der Waals surface area contributed by atoms with Crippen molar-refractivity contribution in [1.82, 2.24) is 9.80 Å². The van der Waals surface area contributed by atoms with Crippen LogP contribution in [0.25, 0.3) is 0 Å². The predicted molar refractivity (Wildman–Crippen MR) is 94.9 cm³/mol. The van der Waals surface area contributed by atoms with E-state index in [1.54, 1.807) is 0 Å². The summed E-state index contributed by atoms with van der Waals surface area (Å²) in [5, 5.41) is 0. The molecular formula is C20H24N2O2. The van der Waals surface area contributed by atoms with Crippen LogP contribution >= 0.6 is 0 Å². The van der Waals surface area contributed by atoms with Gasteiger partial charge in [0, 0.05) is 19.6 Å². The highest BCUT2D eigenvalue weighted by molar-refractivity contribution is 5.77. The zero-order valence-corrected chi connectivity index (χ0v) is 14.1. The fourth-order valence-corrected chi connectivity index (χ4v) is 3.09. The molecule has 4 nitrogen and oxygen atoms in total. The van der Waals surface area contributed by atoms with Crippen molar-refractivity contribution in [2.45, 2.75) is 12.5 Å². The zero-order chi connectivity index (χ0) is 16.8. The molecule has 1 heterocycles. The maximum atomic E-state index is 12.7. The van der Waals surface area contributed by atoms with Crippen molar-refractivity contribution >= 4 is 5.91 Å². The molecule has 3 rings (SSSR count). The SMILES string of the molecule is CN1CCN(C(=O)CCOc2ccccc2)C(c2ccccc2)C1. The average Bonchev–Trinajstić information content (AvgIpc) is 2.63. The van der Waals surface area contributed by atoms with Crippen LogP contribution in [0.2, 0.25) is 0 Å². The molecule has 1 saturated heterocycles. The van der Waals surface area contributed by atoms with Gasteiger partial charge in [-0.05, 0) is 24.7 Å². The molecule has 0 saturated carbocycles. The molecule has 0 N–H and O–H groups in total. The molecule has 4 heteroatoms. The minimum Gasteiger partial charge on any atom is -0.493 e. The molecule has 126 valence electrons. The Kier molecular flexibility index (Phi) is 5.49. The average molecular weight is 324 g/mol.